The van der Waals surface area contributed by atoms with Crippen LogP contribution in [0.2, 0.25) is 0 Å². The molecule has 0 saturated heterocycles. The minimum Gasteiger partial charge on any atom is -0.497 e. The van der Waals surface area contributed by atoms with E-state index in [-0.39, 0.29) is 5.91 Å². The SMILES string of the molecule is CCCCOc1cc(N)cc2c1N(Cc1ccc(OC)cc1)C(=O)C21CCC1. The summed E-state index contributed by atoms with van der Waals surface area (Å²) < 4.78 is 11.3. The molecule has 1 amide bonds. The highest BCUT2D eigenvalue weighted by Gasteiger charge is 2.55. The Balaban J connectivity index is 1.72. The topological polar surface area (TPSA) is 64.8 Å². The Labute approximate surface area is 166 Å². The number of anilines is 2. The lowest BCUT2D eigenvalue weighted by Gasteiger charge is -2.37. The van der Waals surface area contributed by atoms with Gasteiger partial charge >= 0.3 is 0 Å². The highest BCUT2D eigenvalue weighted by Crippen LogP contribution is 2.57. The lowest BCUT2D eigenvalue weighted by atomic mass is 9.65. The minimum absolute atomic E-state index is 0.176. The van der Waals surface area contributed by atoms with Crippen molar-refractivity contribution < 1.29 is 14.3 Å². The van der Waals surface area contributed by atoms with Gasteiger partial charge in [-0.05, 0) is 48.6 Å². The Hall–Kier alpha value is -2.69. The maximum Gasteiger partial charge on any atom is 0.238 e. The van der Waals surface area contributed by atoms with Crippen molar-refractivity contribution >= 4 is 17.3 Å². The Bertz CT molecular complexity index is 872. The molecule has 28 heavy (non-hydrogen) atoms. The van der Waals surface area contributed by atoms with Gasteiger partial charge in [-0.2, -0.15) is 0 Å². The van der Waals surface area contributed by atoms with Gasteiger partial charge in [0.1, 0.15) is 11.5 Å². The predicted octanol–water partition coefficient (Wildman–Crippen LogP) is 4.42. The van der Waals surface area contributed by atoms with E-state index in [1.165, 1.54) is 0 Å². The fraction of sp³-hybridized carbons (Fsp3) is 0.435. The molecule has 4 rings (SSSR count). The van der Waals surface area contributed by atoms with E-state index < -0.39 is 5.41 Å². The molecule has 0 atom stereocenters. The first-order valence-corrected chi connectivity index (χ1v) is 10.1. The molecule has 1 fully saturated rings. The summed E-state index contributed by atoms with van der Waals surface area (Å²) in [5.41, 5.74) is 9.45. The number of hydrogen-bond acceptors (Lipinski definition) is 4. The van der Waals surface area contributed by atoms with Crippen LogP contribution in [0.1, 0.15) is 50.2 Å². The summed E-state index contributed by atoms with van der Waals surface area (Å²) in [7, 11) is 1.65. The van der Waals surface area contributed by atoms with Crippen LogP contribution in [0.5, 0.6) is 11.5 Å². The Morgan fingerprint density at radius 2 is 1.93 bits per heavy atom. The van der Waals surface area contributed by atoms with Crippen LogP contribution in [0, 0.1) is 0 Å². The van der Waals surface area contributed by atoms with E-state index in [9.17, 15) is 4.79 Å². The van der Waals surface area contributed by atoms with Crippen LogP contribution < -0.4 is 20.1 Å². The van der Waals surface area contributed by atoms with Gasteiger partial charge in [-0.25, -0.2) is 0 Å². The zero-order valence-electron chi connectivity index (χ0n) is 16.7. The number of hydrogen-bond donors (Lipinski definition) is 1. The van der Waals surface area contributed by atoms with Crippen LogP contribution in [0.3, 0.4) is 0 Å². The molecule has 1 saturated carbocycles. The average molecular weight is 380 g/mol. The van der Waals surface area contributed by atoms with Crippen molar-refractivity contribution in [3.63, 3.8) is 0 Å². The molecule has 2 aromatic rings. The first kappa shape index (κ1) is 18.7. The second-order valence-electron chi connectivity index (χ2n) is 7.79. The van der Waals surface area contributed by atoms with Crippen molar-refractivity contribution in [2.75, 3.05) is 24.4 Å². The molecule has 0 radical (unpaired) electrons. The number of ether oxygens (including phenoxy) is 2. The number of nitrogen functional groups attached to an aromatic ring is 1. The van der Waals surface area contributed by atoms with Gasteiger partial charge in [0.15, 0.2) is 0 Å². The third-order valence-corrected chi connectivity index (χ3v) is 6.00. The Morgan fingerprint density at radius 3 is 2.54 bits per heavy atom. The van der Waals surface area contributed by atoms with Gasteiger partial charge in [0, 0.05) is 11.8 Å². The molecular formula is C23H28N2O3. The van der Waals surface area contributed by atoms with E-state index in [1.54, 1.807) is 7.11 Å². The smallest absolute Gasteiger partial charge is 0.238 e. The predicted molar refractivity (Wildman–Crippen MR) is 111 cm³/mol. The molecule has 5 nitrogen and oxygen atoms in total. The van der Waals surface area contributed by atoms with E-state index in [2.05, 4.69) is 6.92 Å². The largest absolute Gasteiger partial charge is 0.497 e. The zero-order valence-corrected chi connectivity index (χ0v) is 16.7. The molecule has 2 aromatic carbocycles. The second kappa shape index (κ2) is 7.38. The number of carbonyl (C=O) groups excluding carboxylic acids is 1. The number of unbranched alkanes of at least 4 members (excludes halogenated alkanes) is 1. The molecule has 1 heterocycles. The number of rotatable bonds is 7. The maximum absolute atomic E-state index is 13.5. The second-order valence-corrected chi connectivity index (χ2v) is 7.79. The van der Waals surface area contributed by atoms with Gasteiger partial charge < -0.3 is 20.1 Å². The normalized spacial score (nSPS) is 16.8. The summed E-state index contributed by atoms with van der Waals surface area (Å²) in [5.74, 6) is 1.72. The van der Waals surface area contributed by atoms with Gasteiger partial charge in [0.2, 0.25) is 5.91 Å². The van der Waals surface area contributed by atoms with Gasteiger partial charge in [0.25, 0.3) is 0 Å². The summed E-state index contributed by atoms with van der Waals surface area (Å²) in [4.78, 5) is 15.4. The van der Waals surface area contributed by atoms with Crippen molar-refractivity contribution in [1.82, 2.24) is 0 Å². The average Bonchev–Trinajstić information content (AvgIpc) is 2.90. The van der Waals surface area contributed by atoms with Crippen LogP contribution in [0.15, 0.2) is 36.4 Å². The minimum atomic E-state index is -0.417. The van der Waals surface area contributed by atoms with Crippen LogP contribution in [0.4, 0.5) is 11.4 Å². The van der Waals surface area contributed by atoms with Crippen molar-refractivity contribution in [3.05, 3.63) is 47.5 Å². The summed E-state index contributed by atoms with van der Waals surface area (Å²) in [6.45, 7) is 3.28. The van der Waals surface area contributed by atoms with E-state index in [1.807, 2.05) is 41.3 Å². The van der Waals surface area contributed by atoms with Crippen LogP contribution in [-0.4, -0.2) is 19.6 Å². The quantitative estimate of drug-likeness (QED) is 0.570. The third kappa shape index (κ3) is 2.99. The molecule has 1 spiro atoms. The monoisotopic (exact) mass is 380 g/mol. The van der Waals surface area contributed by atoms with E-state index in [4.69, 9.17) is 15.2 Å². The number of nitrogens with zero attached hydrogens (tertiary/aromatic N) is 1. The summed E-state index contributed by atoms with van der Waals surface area (Å²) >= 11 is 0. The fourth-order valence-corrected chi connectivity index (χ4v) is 4.26. The van der Waals surface area contributed by atoms with Gasteiger partial charge in [-0.3, -0.25) is 4.79 Å². The van der Waals surface area contributed by atoms with Crippen LogP contribution in [-0.2, 0) is 16.8 Å². The lowest BCUT2D eigenvalue weighted by Crippen LogP contribution is -2.44. The number of benzene rings is 2. The van der Waals surface area contributed by atoms with E-state index in [0.29, 0.717) is 18.8 Å². The summed E-state index contributed by atoms with van der Waals surface area (Å²) in [6, 6.07) is 11.7. The van der Waals surface area contributed by atoms with Crippen LogP contribution >= 0.6 is 0 Å². The number of fused-ring (bicyclic) bond motifs is 2. The number of nitrogens with two attached hydrogens (primary N) is 1. The molecule has 148 valence electrons. The van der Waals surface area contributed by atoms with Gasteiger partial charge in [-0.1, -0.05) is 31.9 Å². The standard InChI is InChI=1S/C23H28N2O3/c1-3-4-12-28-20-14-17(24)13-19-21(20)25(22(26)23(19)10-5-11-23)15-16-6-8-18(27-2)9-7-16/h6-9,13-14H,3-5,10-12,15,24H2,1-2H3. The Kier molecular flexibility index (Phi) is 4.92. The molecule has 5 heteroatoms. The highest BCUT2D eigenvalue weighted by atomic mass is 16.5. The zero-order chi connectivity index (χ0) is 19.7. The van der Waals surface area contributed by atoms with Gasteiger partial charge in [-0.15, -0.1) is 0 Å². The van der Waals surface area contributed by atoms with Crippen molar-refractivity contribution in [3.8, 4) is 11.5 Å². The van der Waals surface area contributed by atoms with Gasteiger partial charge in [0.05, 0.1) is 31.4 Å². The third-order valence-electron chi connectivity index (χ3n) is 6.00. The lowest BCUT2D eigenvalue weighted by molar-refractivity contribution is -0.126. The first-order valence-electron chi connectivity index (χ1n) is 10.1. The molecule has 0 bridgehead atoms. The maximum atomic E-state index is 13.5. The van der Waals surface area contributed by atoms with Crippen LogP contribution in [0.25, 0.3) is 0 Å². The molecule has 2 aliphatic rings. The van der Waals surface area contributed by atoms with E-state index >= 15 is 0 Å². The molecule has 2 N–H and O–H groups in total. The highest BCUT2D eigenvalue weighted by molar-refractivity contribution is 6.10. The van der Waals surface area contributed by atoms with Crippen molar-refractivity contribution in [2.45, 2.75) is 51.0 Å². The molecule has 0 unspecified atom stereocenters. The Morgan fingerprint density at radius 1 is 1.18 bits per heavy atom. The molecular weight excluding hydrogens is 352 g/mol. The van der Waals surface area contributed by atoms with Crippen molar-refractivity contribution in [2.24, 2.45) is 0 Å². The van der Waals surface area contributed by atoms with E-state index in [0.717, 1.165) is 60.4 Å². The van der Waals surface area contributed by atoms with Crippen molar-refractivity contribution in [1.29, 1.82) is 0 Å². The molecule has 0 aromatic heterocycles. The summed E-state index contributed by atoms with van der Waals surface area (Å²) in [5, 5.41) is 0. The number of amides is 1. The number of methoxy groups -OCH3 is 1. The molecule has 1 aliphatic heterocycles. The fourth-order valence-electron chi connectivity index (χ4n) is 4.26. The first-order chi connectivity index (χ1) is 13.6. The molecule has 1 aliphatic carbocycles. The number of carbonyl (C=O) groups is 1. The summed E-state index contributed by atoms with van der Waals surface area (Å²) in [6.07, 6.45) is 4.87.